The van der Waals surface area contributed by atoms with Gasteiger partial charge < -0.3 is 9.47 Å². The summed E-state index contributed by atoms with van der Waals surface area (Å²) in [4.78, 5) is 23.4. The van der Waals surface area contributed by atoms with Gasteiger partial charge in [-0.1, -0.05) is 36.1 Å². The van der Waals surface area contributed by atoms with Crippen LogP contribution in [0.15, 0.2) is 43.0 Å². The van der Waals surface area contributed by atoms with Crippen molar-refractivity contribution in [3.63, 3.8) is 0 Å². The van der Waals surface area contributed by atoms with Gasteiger partial charge in [0.15, 0.2) is 5.92 Å². The molecule has 0 aliphatic rings. The largest absolute Gasteiger partial charge is 0.468 e. The number of rotatable bonds is 4. The van der Waals surface area contributed by atoms with Gasteiger partial charge in [-0.15, -0.1) is 6.58 Å². The van der Waals surface area contributed by atoms with Gasteiger partial charge in [0.1, 0.15) is 0 Å². The normalized spacial score (nSPS) is 10.9. The molecule has 0 spiro atoms. The molecular formula is C16H16O4. The highest BCUT2D eigenvalue weighted by molar-refractivity contribution is 5.95. The van der Waals surface area contributed by atoms with E-state index >= 15 is 0 Å². The van der Waals surface area contributed by atoms with Crippen LogP contribution >= 0.6 is 0 Å². The SMILES string of the molecule is C=C[C@H](C#Cc1ccccc1)C(C(=O)OC)C(=O)OC. The Morgan fingerprint density at radius 3 is 2.15 bits per heavy atom. The van der Waals surface area contributed by atoms with Gasteiger partial charge in [-0.2, -0.15) is 0 Å². The van der Waals surface area contributed by atoms with Gasteiger partial charge in [0, 0.05) is 5.56 Å². The molecule has 104 valence electrons. The van der Waals surface area contributed by atoms with E-state index in [-0.39, 0.29) is 0 Å². The zero-order chi connectivity index (χ0) is 15.0. The molecule has 0 bridgehead atoms. The van der Waals surface area contributed by atoms with Crippen molar-refractivity contribution >= 4 is 11.9 Å². The van der Waals surface area contributed by atoms with Crippen LogP contribution in [-0.2, 0) is 19.1 Å². The van der Waals surface area contributed by atoms with Crippen molar-refractivity contribution in [2.24, 2.45) is 11.8 Å². The number of allylic oxidation sites excluding steroid dienone is 1. The summed E-state index contributed by atoms with van der Waals surface area (Å²) in [6.07, 6.45) is 1.44. The molecule has 0 N–H and O–H groups in total. The Kier molecular flexibility index (Phi) is 6.05. The summed E-state index contributed by atoms with van der Waals surface area (Å²) in [6, 6.07) is 9.24. The summed E-state index contributed by atoms with van der Waals surface area (Å²) >= 11 is 0. The highest BCUT2D eigenvalue weighted by atomic mass is 16.5. The number of carbonyl (C=O) groups excluding carboxylic acids is 2. The van der Waals surface area contributed by atoms with Gasteiger partial charge >= 0.3 is 11.9 Å². The third-order valence-electron chi connectivity index (χ3n) is 2.68. The predicted molar refractivity (Wildman–Crippen MR) is 74.5 cm³/mol. The van der Waals surface area contributed by atoms with E-state index in [2.05, 4.69) is 27.9 Å². The van der Waals surface area contributed by atoms with Crippen molar-refractivity contribution in [3.8, 4) is 11.8 Å². The molecule has 0 aromatic heterocycles. The molecular weight excluding hydrogens is 256 g/mol. The van der Waals surface area contributed by atoms with Crippen LogP contribution in [0.4, 0.5) is 0 Å². The predicted octanol–water partition coefficient (Wildman–Crippen LogP) is 1.80. The van der Waals surface area contributed by atoms with E-state index in [0.29, 0.717) is 0 Å². The molecule has 1 aromatic carbocycles. The fourth-order valence-electron chi connectivity index (χ4n) is 1.61. The minimum atomic E-state index is -1.13. The number of esters is 2. The van der Waals surface area contributed by atoms with Gasteiger partial charge in [-0.05, 0) is 12.1 Å². The molecule has 4 nitrogen and oxygen atoms in total. The standard InChI is InChI=1S/C16H16O4/c1-4-13(11-10-12-8-6-5-7-9-12)14(15(17)19-2)16(18)20-3/h4-9,13-14H,1H2,2-3H3/t13-/m1/s1. The summed E-state index contributed by atoms with van der Waals surface area (Å²) in [7, 11) is 2.42. The summed E-state index contributed by atoms with van der Waals surface area (Å²) in [6.45, 7) is 3.61. The molecule has 4 heteroatoms. The second-order valence-electron chi connectivity index (χ2n) is 3.92. The van der Waals surface area contributed by atoms with Crippen molar-refractivity contribution in [1.29, 1.82) is 0 Å². The van der Waals surface area contributed by atoms with Crippen molar-refractivity contribution in [1.82, 2.24) is 0 Å². The Morgan fingerprint density at radius 1 is 1.15 bits per heavy atom. The Labute approximate surface area is 118 Å². The second-order valence-corrected chi connectivity index (χ2v) is 3.92. The van der Waals surface area contributed by atoms with Crippen molar-refractivity contribution in [3.05, 3.63) is 48.6 Å². The average molecular weight is 272 g/mol. The smallest absolute Gasteiger partial charge is 0.321 e. The van der Waals surface area contributed by atoms with Crippen LogP contribution in [0, 0.1) is 23.7 Å². The van der Waals surface area contributed by atoms with Crippen molar-refractivity contribution in [2.75, 3.05) is 14.2 Å². The van der Waals surface area contributed by atoms with Gasteiger partial charge in [-0.3, -0.25) is 9.59 Å². The third-order valence-corrected chi connectivity index (χ3v) is 2.68. The Balaban J connectivity index is 3.03. The van der Waals surface area contributed by atoms with E-state index < -0.39 is 23.8 Å². The van der Waals surface area contributed by atoms with E-state index in [0.717, 1.165) is 5.56 Å². The topological polar surface area (TPSA) is 52.6 Å². The van der Waals surface area contributed by atoms with E-state index in [1.807, 2.05) is 30.3 Å². The first-order chi connectivity index (χ1) is 9.63. The van der Waals surface area contributed by atoms with Crippen LogP contribution in [0.3, 0.4) is 0 Å². The highest BCUT2D eigenvalue weighted by Gasteiger charge is 2.34. The maximum atomic E-state index is 11.7. The fraction of sp³-hybridized carbons (Fsp3) is 0.250. The molecule has 0 saturated carbocycles. The third kappa shape index (κ3) is 3.99. The summed E-state index contributed by atoms with van der Waals surface area (Å²) in [5.74, 6) is 2.57. The van der Waals surface area contributed by atoms with Gasteiger partial charge in [0.2, 0.25) is 0 Å². The molecule has 1 aromatic rings. The number of benzene rings is 1. The molecule has 0 aliphatic carbocycles. The monoisotopic (exact) mass is 272 g/mol. The average Bonchev–Trinajstić information content (AvgIpc) is 2.51. The number of ether oxygens (including phenoxy) is 2. The van der Waals surface area contributed by atoms with Crippen molar-refractivity contribution in [2.45, 2.75) is 0 Å². The first kappa shape index (κ1) is 15.5. The maximum Gasteiger partial charge on any atom is 0.321 e. The van der Waals surface area contributed by atoms with Gasteiger partial charge in [0.25, 0.3) is 0 Å². The number of hydrogen-bond donors (Lipinski definition) is 0. The van der Waals surface area contributed by atoms with Crippen LogP contribution in [0.2, 0.25) is 0 Å². The molecule has 20 heavy (non-hydrogen) atoms. The Morgan fingerprint density at radius 2 is 1.70 bits per heavy atom. The molecule has 0 amide bonds. The zero-order valence-electron chi connectivity index (χ0n) is 11.5. The fourth-order valence-corrected chi connectivity index (χ4v) is 1.61. The molecule has 0 radical (unpaired) electrons. The van der Waals surface area contributed by atoms with E-state index in [1.54, 1.807) is 0 Å². The van der Waals surface area contributed by atoms with E-state index in [9.17, 15) is 9.59 Å². The molecule has 0 heterocycles. The minimum Gasteiger partial charge on any atom is -0.468 e. The number of hydrogen-bond acceptors (Lipinski definition) is 4. The second kappa shape index (κ2) is 7.80. The van der Waals surface area contributed by atoms with E-state index in [4.69, 9.17) is 0 Å². The molecule has 0 unspecified atom stereocenters. The first-order valence-electron chi connectivity index (χ1n) is 5.98. The van der Waals surface area contributed by atoms with Crippen LogP contribution in [0.5, 0.6) is 0 Å². The molecule has 1 atom stereocenters. The van der Waals surface area contributed by atoms with Crippen molar-refractivity contribution < 1.29 is 19.1 Å². The van der Waals surface area contributed by atoms with Crippen LogP contribution in [0.1, 0.15) is 5.56 Å². The summed E-state index contributed by atoms with van der Waals surface area (Å²) in [5, 5.41) is 0. The van der Waals surface area contributed by atoms with Crippen LogP contribution < -0.4 is 0 Å². The maximum absolute atomic E-state index is 11.7. The van der Waals surface area contributed by atoms with Crippen LogP contribution in [0.25, 0.3) is 0 Å². The zero-order valence-corrected chi connectivity index (χ0v) is 11.5. The lowest BCUT2D eigenvalue weighted by molar-refractivity contribution is -0.159. The molecule has 1 rings (SSSR count). The van der Waals surface area contributed by atoms with Gasteiger partial charge in [-0.25, -0.2) is 0 Å². The minimum absolute atomic E-state index is 0.671. The number of carbonyl (C=O) groups is 2. The summed E-state index contributed by atoms with van der Waals surface area (Å²) in [5.41, 5.74) is 0.785. The summed E-state index contributed by atoms with van der Waals surface area (Å²) < 4.78 is 9.23. The van der Waals surface area contributed by atoms with Gasteiger partial charge in [0.05, 0.1) is 20.1 Å². The molecule has 0 aliphatic heterocycles. The van der Waals surface area contributed by atoms with E-state index in [1.165, 1.54) is 20.3 Å². The molecule has 0 fully saturated rings. The lowest BCUT2D eigenvalue weighted by atomic mass is 9.92. The Hall–Kier alpha value is -2.54. The number of methoxy groups -OCH3 is 2. The quantitative estimate of drug-likeness (QED) is 0.363. The highest BCUT2D eigenvalue weighted by Crippen LogP contribution is 2.16. The lowest BCUT2D eigenvalue weighted by Gasteiger charge is -2.15. The molecule has 0 saturated heterocycles. The first-order valence-corrected chi connectivity index (χ1v) is 5.98. The Bertz CT molecular complexity index is 521. The lowest BCUT2D eigenvalue weighted by Crippen LogP contribution is -2.32. The van der Waals surface area contributed by atoms with Crippen LogP contribution in [-0.4, -0.2) is 26.2 Å².